The number of esters is 1. The van der Waals surface area contributed by atoms with Crippen LogP contribution >= 0.6 is 44.3 Å². The maximum Gasteiger partial charge on any atom is 0.359 e. The molecule has 26 heavy (non-hydrogen) atoms. The van der Waals surface area contributed by atoms with Crippen LogP contribution in [0.2, 0.25) is 0 Å². The first-order valence-electron chi connectivity index (χ1n) is 8.31. The molecule has 0 radical (unpaired) electrons. The molecule has 2 unspecified atom stereocenters. The van der Waals surface area contributed by atoms with Crippen LogP contribution in [0.4, 0.5) is 0 Å². The Morgan fingerprint density at radius 1 is 1.50 bits per heavy atom. The highest BCUT2D eigenvalue weighted by atomic mass is 127. The molecule has 0 amide bonds. The molecular weight excluding hydrogens is 534 g/mol. The minimum atomic E-state index is -1.04. The summed E-state index contributed by atoms with van der Waals surface area (Å²) >= 11 is 5.62. The van der Waals surface area contributed by atoms with Crippen molar-refractivity contribution in [3.63, 3.8) is 0 Å². The maximum atomic E-state index is 12.3. The zero-order valence-electron chi connectivity index (χ0n) is 14.1. The van der Waals surface area contributed by atoms with Crippen LogP contribution in [0.3, 0.4) is 0 Å². The molecule has 2 aromatic rings. The Kier molecular flexibility index (Phi) is 6.93. The van der Waals surface area contributed by atoms with E-state index in [9.17, 15) is 9.90 Å². The first-order chi connectivity index (χ1) is 12.5. The predicted octanol–water partition coefficient (Wildman–Crippen LogP) is 4.63. The van der Waals surface area contributed by atoms with Gasteiger partial charge in [-0.1, -0.05) is 15.9 Å². The van der Waals surface area contributed by atoms with Crippen molar-refractivity contribution in [1.82, 2.24) is 9.55 Å². The molecule has 1 fully saturated rings. The molecule has 1 N–H and O–H groups in total. The van der Waals surface area contributed by atoms with E-state index in [1.54, 1.807) is 17.6 Å². The Morgan fingerprint density at radius 2 is 2.27 bits per heavy atom. The Hall–Kier alpha value is -0.700. The number of halogens is 2. The van der Waals surface area contributed by atoms with Gasteiger partial charge in [0.05, 0.1) is 19.1 Å². The average molecular weight is 553 g/mol. The molecule has 3 rings (SSSR count). The minimum Gasteiger partial charge on any atom is -0.490 e. The lowest BCUT2D eigenvalue weighted by atomic mass is 9.95. The topological polar surface area (TPSA) is 73.6 Å². The number of benzene rings is 1. The van der Waals surface area contributed by atoms with Crippen molar-refractivity contribution in [2.75, 3.05) is 6.61 Å². The van der Waals surface area contributed by atoms with Crippen molar-refractivity contribution in [1.29, 1.82) is 0 Å². The quantitative estimate of drug-likeness (QED) is 0.308. The van der Waals surface area contributed by atoms with Gasteiger partial charge in [0, 0.05) is 21.8 Å². The van der Waals surface area contributed by atoms with Crippen LogP contribution in [0.1, 0.15) is 53.9 Å². The van der Waals surface area contributed by atoms with E-state index in [2.05, 4.69) is 43.1 Å². The number of aliphatic hydroxyl groups is 1. The molecular formula is C17H19BrIN2O4P. The smallest absolute Gasteiger partial charge is 0.359 e. The summed E-state index contributed by atoms with van der Waals surface area (Å²) in [4.78, 5) is 12.3. The highest BCUT2D eigenvalue weighted by Gasteiger charge is 2.28. The summed E-state index contributed by atoms with van der Waals surface area (Å²) in [6, 6.07) is 5.54. The molecule has 140 valence electrons. The van der Waals surface area contributed by atoms with Gasteiger partial charge < -0.3 is 14.6 Å². The van der Waals surface area contributed by atoms with Crippen molar-refractivity contribution in [2.24, 2.45) is 0 Å². The number of hydrogen-bond donors (Lipinski definition) is 1. The number of carbonyl (C=O) groups excluding carboxylic acids is 1. The van der Waals surface area contributed by atoms with Crippen molar-refractivity contribution in [2.45, 2.75) is 38.4 Å². The number of hydrogen-bond acceptors (Lipinski definition) is 5. The highest BCUT2D eigenvalue weighted by Crippen LogP contribution is 2.37. The standard InChI is InChI=1S/C17H19BrIN2O4P/c1-2-24-17(23)15-13(9-21(20-15)26-19)16(22)12-8-10(18)6-7-14(12)25-11-4-3-5-11/h6-9,11,16,22,26H,2-5H2,1H3. The SMILES string of the molecule is CCOC(=O)c1nn(PI)cc1C(O)c1cc(Br)ccc1OC1CCC1. The molecule has 1 aromatic carbocycles. The fraction of sp³-hybridized carbons (Fsp3) is 0.412. The molecule has 0 saturated heterocycles. The van der Waals surface area contributed by atoms with Gasteiger partial charge in [-0.05, 0) is 66.4 Å². The lowest BCUT2D eigenvalue weighted by Crippen LogP contribution is -2.25. The van der Waals surface area contributed by atoms with Crippen LogP contribution in [-0.2, 0) is 4.74 Å². The van der Waals surface area contributed by atoms with Gasteiger partial charge in [-0.2, -0.15) is 5.10 Å². The van der Waals surface area contributed by atoms with Gasteiger partial charge in [0.2, 0.25) is 0 Å². The summed E-state index contributed by atoms with van der Waals surface area (Å²) in [5.74, 6) is 0.0938. The van der Waals surface area contributed by atoms with Crippen LogP contribution < -0.4 is 4.74 Å². The van der Waals surface area contributed by atoms with E-state index in [1.165, 1.54) is 0 Å². The van der Waals surface area contributed by atoms with E-state index < -0.39 is 12.1 Å². The van der Waals surface area contributed by atoms with E-state index in [4.69, 9.17) is 9.47 Å². The molecule has 1 heterocycles. The molecule has 1 aliphatic rings. The van der Waals surface area contributed by atoms with E-state index in [0.717, 1.165) is 23.7 Å². The number of ether oxygens (including phenoxy) is 2. The van der Waals surface area contributed by atoms with Gasteiger partial charge in [-0.15, -0.1) is 0 Å². The van der Waals surface area contributed by atoms with Crippen LogP contribution in [0.5, 0.6) is 5.75 Å². The fourth-order valence-electron chi connectivity index (χ4n) is 2.66. The van der Waals surface area contributed by atoms with E-state index in [-0.39, 0.29) is 18.4 Å². The van der Waals surface area contributed by atoms with Crippen LogP contribution in [-0.4, -0.2) is 33.3 Å². The first-order valence-corrected chi connectivity index (χ1v) is 13.2. The third-order valence-corrected chi connectivity index (χ3v) is 6.58. The number of nitrogens with zero attached hydrogens (tertiary/aromatic N) is 2. The molecule has 9 heteroatoms. The Morgan fingerprint density at radius 3 is 2.88 bits per heavy atom. The normalized spacial score (nSPS) is 15.8. The van der Waals surface area contributed by atoms with Crippen LogP contribution in [0.25, 0.3) is 0 Å². The molecule has 0 aliphatic heterocycles. The van der Waals surface area contributed by atoms with Gasteiger partial charge in [-0.3, -0.25) is 0 Å². The minimum absolute atomic E-state index is 0.137. The lowest BCUT2D eigenvalue weighted by molar-refractivity contribution is 0.0513. The van der Waals surface area contributed by atoms with Crippen molar-refractivity contribution < 1.29 is 19.4 Å². The molecule has 1 saturated carbocycles. The van der Waals surface area contributed by atoms with Gasteiger partial charge in [-0.25, -0.2) is 9.25 Å². The Balaban J connectivity index is 1.98. The summed E-state index contributed by atoms with van der Waals surface area (Å²) in [5.41, 5.74) is 1.16. The predicted molar refractivity (Wildman–Crippen MR) is 112 cm³/mol. The van der Waals surface area contributed by atoms with Crippen LogP contribution in [0.15, 0.2) is 28.9 Å². The van der Waals surface area contributed by atoms with Crippen molar-refractivity contribution in [3.8, 4) is 5.75 Å². The molecule has 0 bridgehead atoms. The summed E-state index contributed by atoms with van der Waals surface area (Å²) in [6.45, 7) is 1.99. The summed E-state index contributed by atoms with van der Waals surface area (Å²) in [6.07, 6.45) is 4.35. The summed E-state index contributed by atoms with van der Waals surface area (Å²) < 4.78 is 13.6. The third-order valence-electron chi connectivity index (χ3n) is 4.20. The Bertz CT molecular complexity index is 797. The second kappa shape index (κ2) is 8.99. The van der Waals surface area contributed by atoms with Gasteiger partial charge in [0.25, 0.3) is 0 Å². The Labute approximate surface area is 175 Å². The lowest BCUT2D eigenvalue weighted by Gasteiger charge is -2.28. The highest BCUT2D eigenvalue weighted by molar-refractivity contribution is 14.2. The van der Waals surface area contributed by atoms with E-state index >= 15 is 0 Å². The number of aliphatic hydroxyl groups excluding tert-OH is 1. The molecule has 1 aromatic heterocycles. The maximum absolute atomic E-state index is 12.3. The number of rotatable bonds is 7. The molecule has 6 nitrogen and oxygen atoms in total. The molecule has 1 aliphatic carbocycles. The van der Waals surface area contributed by atoms with E-state index in [0.29, 0.717) is 23.3 Å². The zero-order valence-corrected chi connectivity index (χ0v) is 18.9. The zero-order chi connectivity index (χ0) is 18.7. The monoisotopic (exact) mass is 552 g/mol. The van der Waals surface area contributed by atoms with Crippen molar-refractivity contribution >= 4 is 50.3 Å². The van der Waals surface area contributed by atoms with Gasteiger partial charge in [0.1, 0.15) is 11.9 Å². The largest absolute Gasteiger partial charge is 0.490 e. The number of carbonyl (C=O) groups is 1. The fourth-order valence-corrected chi connectivity index (χ4v) is 4.11. The second-order valence-corrected chi connectivity index (χ2v) is 8.93. The van der Waals surface area contributed by atoms with Crippen molar-refractivity contribution in [3.05, 3.63) is 45.7 Å². The summed E-state index contributed by atoms with van der Waals surface area (Å²) in [7, 11) is 0. The molecule has 0 spiro atoms. The third kappa shape index (κ3) is 4.40. The summed E-state index contributed by atoms with van der Waals surface area (Å²) in [5, 5.41) is 15.3. The van der Waals surface area contributed by atoms with E-state index in [1.807, 2.05) is 18.2 Å². The first kappa shape index (κ1) is 20.0. The number of aromatic nitrogens is 2. The van der Waals surface area contributed by atoms with Gasteiger partial charge >= 0.3 is 5.97 Å². The molecule has 2 atom stereocenters. The van der Waals surface area contributed by atoms with Crippen LogP contribution in [0, 0.1) is 0 Å². The average Bonchev–Trinajstić information content (AvgIpc) is 3.03. The van der Waals surface area contributed by atoms with Gasteiger partial charge in [0.15, 0.2) is 5.69 Å². The second-order valence-electron chi connectivity index (χ2n) is 5.94.